The van der Waals surface area contributed by atoms with Gasteiger partial charge in [-0.05, 0) is 19.4 Å². The van der Waals surface area contributed by atoms with E-state index in [9.17, 15) is 5.26 Å². The summed E-state index contributed by atoms with van der Waals surface area (Å²) in [5.74, 6) is 0.922. The van der Waals surface area contributed by atoms with E-state index < -0.39 is 0 Å². The molecule has 1 aliphatic heterocycles. The van der Waals surface area contributed by atoms with Crippen LogP contribution in [-0.2, 0) is 6.42 Å². The van der Waals surface area contributed by atoms with Crippen molar-refractivity contribution in [2.75, 3.05) is 6.61 Å². The SMILES string of the molecule is CCCc1[nH]nc2c1[C@H](c1ccccc1OCC)C(C#N)=C(N)O2. The van der Waals surface area contributed by atoms with Gasteiger partial charge in [0.1, 0.15) is 17.4 Å². The summed E-state index contributed by atoms with van der Waals surface area (Å²) < 4.78 is 11.3. The van der Waals surface area contributed by atoms with Crippen molar-refractivity contribution in [3.8, 4) is 17.7 Å². The topological polar surface area (TPSA) is 97.0 Å². The molecule has 24 heavy (non-hydrogen) atoms. The zero-order chi connectivity index (χ0) is 17.1. The number of allylic oxidation sites excluding steroid dienone is 1. The number of benzene rings is 1. The van der Waals surface area contributed by atoms with Gasteiger partial charge in [-0.25, -0.2) is 0 Å². The predicted molar refractivity (Wildman–Crippen MR) is 89.5 cm³/mol. The molecule has 0 amide bonds. The van der Waals surface area contributed by atoms with Crippen molar-refractivity contribution in [2.45, 2.75) is 32.6 Å². The average molecular weight is 324 g/mol. The quantitative estimate of drug-likeness (QED) is 0.881. The lowest BCUT2D eigenvalue weighted by atomic mass is 9.83. The molecule has 0 saturated heterocycles. The third kappa shape index (κ3) is 2.58. The van der Waals surface area contributed by atoms with Gasteiger partial charge in [-0.2, -0.15) is 5.26 Å². The highest BCUT2D eigenvalue weighted by atomic mass is 16.5. The van der Waals surface area contributed by atoms with E-state index in [-0.39, 0.29) is 11.8 Å². The minimum Gasteiger partial charge on any atom is -0.494 e. The van der Waals surface area contributed by atoms with E-state index in [1.165, 1.54) is 0 Å². The van der Waals surface area contributed by atoms with Crippen LogP contribution in [-0.4, -0.2) is 16.8 Å². The zero-order valence-corrected chi connectivity index (χ0v) is 13.8. The molecule has 0 radical (unpaired) electrons. The van der Waals surface area contributed by atoms with Gasteiger partial charge in [0.25, 0.3) is 0 Å². The lowest BCUT2D eigenvalue weighted by Gasteiger charge is -2.25. The van der Waals surface area contributed by atoms with Crippen LogP contribution in [0.5, 0.6) is 11.6 Å². The summed E-state index contributed by atoms with van der Waals surface area (Å²) in [6, 6.07) is 9.90. The van der Waals surface area contributed by atoms with Crippen molar-refractivity contribution in [1.29, 1.82) is 5.26 Å². The highest BCUT2D eigenvalue weighted by Gasteiger charge is 2.36. The lowest BCUT2D eigenvalue weighted by Crippen LogP contribution is -2.21. The number of hydrogen-bond acceptors (Lipinski definition) is 5. The van der Waals surface area contributed by atoms with Gasteiger partial charge in [-0.1, -0.05) is 31.5 Å². The van der Waals surface area contributed by atoms with Gasteiger partial charge in [-0.3, -0.25) is 5.10 Å². The number of ether oxygens (including phenoxy) is 2. The van der Waals surface area contributed by atoms with Gasteiger partial charge < -0.3 is 15.2 Å². The smallest absolute Gasteiger partial charge is 0.244 e. The van der Waals surface area contributed by atoms with Crippen molar-refractivity contribution in [3.63, 3.8) is 0 Å². The molecule has 0 unspecified atom stereocenters. The zero-order valence-electron chi connectivity index (χ0n) is 13.8. The maximum atomic E-state index is 9.66. The number of para-hydroxylation sites is 1. The molecule has 1 aromatic heterocycles. The molecule has 124 valence electrons. The third-order valence-corrected chi connectivity index (χ3v) is 4.05. The predicted octanol–water partition coefficient (Wildman–Crippen LogP) is 2.98. The number of aryl methyl sites for hydroxylation is 1. The van der Waals surface area contributed by atoms with E-state index in [0.29, 0.717) is 18.1 Å². The van der Waals surface area contributed by atoms with E-state index in [1.54, 1.807) is 0 Å². The van der Waals surface area contributed by atoms with Gasteiger partial charge in [0.05, 0.1) is 18.1 Å². The summed E-state index contributed by atoms with van der Waals surface area (Å²) >= 11 is 0. The fourth-order valence-electron chi connectivity index (χ4n) is 3.07. The Bertz CT molecular complexity index is 817. The average Bonchev–Trinajstić information content (AvgIpc) is 2.97. The van der Waals surface area contributed by atoms with E-state index in [2.05, 4.69) is 23.2 Å². The molecule has 0 fully saturated rings. The minimum atomic E-state index is -0.346. The molecule has 6 heteroatoms. The van der Waals surface area contributed by atoms with Gasteiger partial charge in [0.2, 0.25) is 11.8 Å². The molecule has 1 aliphatic rings. The first-order valence-electron chi connectivity index (χ1n) is 8.07. The first kappa shape index (κ1) is 15.9. The van der Waals surface area contributed by atoms with Crippen LogP contribution in [0.15, 0.2) is 35.7 Å². The Balaban J connectivity index is 2.22. The van der Waals surface area contributed by atoms with E-state index in [0.717, 1.165) is 35.4 Å². The second kappa shape index (κ2) is 6.67. The maximum Gasteiger partial charge on any atom is 0.244 e. The summed E-state index contributed by atoms with van der Waals surface area (Å²) in [7, 11) is 0. The van der Waals surface area contributed by atoms with Crippen molar-refractivity contribution in [3.05, 3.63) is 52.5 Å². The standard InChI is InChI=1S/C18H20N4O2/c1-3-7-13-16-15(11-8-5-6-9-14(11)23-4-2)12(10-19)17(20)24-18(16)22-21-13/h5-6,8-9,15H,3-4,7,20H2,1-2H3,(H,21,22)/t15-/m1/s1. The van der Waals surface area contributed by atoms with E-state index >= 15 is 0 Å². The van der Waals surface area contributed by atoms with Crippen LogP contribution in [0, 0.1) is 11.3 Å². The summed E-state index contributed by atoms with van der Waals surface area (Å²) in [5.41, 5.74) is 9.09. The van der Waals surface area contributed by atoms with Crippen LogP contribution in [0.1, 0.15) is 43.0 Å². The maximum absolute atomic E-state index is 9.66. The van der Waals surface area contributed by atoms with Crippen LogP contribution in [0.25, 0.3) is 0 Å². The Morgan fingerprint density at radius 1 is 1.38 bits per heavy atom. The highest BCUT2D eigenvalue weighted by molar-refractivity contribution is 5.58. The van der Waals surface area contributed by atoms with Gasteiger partial charge in [0.15, 0.2) is 0 Å². The van der Waals surface area contributed by atoms with Crippen LogP contribution < -0.4 is 15.2 Å². The fourth-order valence-corrected chi connectivity index (χ4v) is 3.07. The number of hydrogen-bond donors (Lipinski definition) is 2. The van der Waals surface area contributed by atoms with Crippen molar-refractivity contribution in [1.82, 2.24) is 10.2 Å². The molecular weight excluding hydrogens is 304 g/mol. The Morgan fingerprint density at radius 3 is 2.88 bits per heavy atom. The number of H-pyrrole nitrogens is 1. The molecule has 0 spiro atoms. The van der Waals surface area contributed by atoms with Crippen molar-refractivity contribution < 1.29 is 9.47 Å². The Morgan fingerprint density at radius 2 is 2.17 bits per heavy atom. The molecule has 1 aromatic carbocycles. The number of aromatic amines is 1. The number of rotatable bonds is 5. The minimum absolute atomic E-state index is 0.0934. The summed E-state index contributed by atoms with van der Waals surface area (Å²) in [5, 5.41) is 16.9. The number of fused-ring (bicyclic) bond motifs is 1. The molecule has 1 atom stereocenters. The third-order valence-electron chi connectivity index (χ3n) is 4.05. The summed E-state index contributed by atoms with van der Waals surface area (Å²) in [4.78, 5) is 0. The Labute approximate surface area is 140 Å². The van der Waals surface area contributed by atoms with Crippen molar-refractivity contribution >= 4 is 0 Å². The number of nitriles is 1. The second-order valence-electron chi connectivity index (χ2n) is 5.57. The first-order valence-corrected chi connectivity index (χ1v) is 8.07. The fraction of sp³-hybridized carbons (Fsp3) is 0.333. The van der Waals surface area contributed by atoms with Crippen molar-refractivity contribution in [2.24, 2.45) is 5.73 Å². The molecule has 3 N–H and O–H groups in total. The Kier molecular flexibility index (Phi) is 4.43. The number of nitrogens with two attached hydrogens (primary N) is 1. The van der Waals surface area contributed by atoms with Crippen LogP contribution in [0.3, 0.4) is 0 Å². The molecule has 0 bridgehead atoms. The molecule has 0 aliphatic carbocycles. The van der Waals surface area contributed by atoms with Gasteiger partial charge in [0, 0.05) is 11.3 Å². The molecule has 2 aromatic rings. The molecule has 2 heterocycles. The van der Waals surface area contributed by atoms with Crippen LogP contribution >= 0.6 is 0 Å². The van der Waals surface area contributed by atoms with Gasteiger partial charge >= 0.3 is 0 Å². The second-order valence-corrected chi connectivity index (χ2v) is 5.57. The first-order chi connectivity index (χ1) is 11.7. The summed E-state index contributed by atoms with van der Waals surface area (Å²) in [6.45, 7) is 4.57. The van der Waals surface area contributed by atoms with Gasteiger partial charge in [-0.15, -0.1) is 5.10 Å². The molecule has 3 rings (SSSR count). The number of nitrogens with one attached hydrogen (secondary N) is 1. The summed E-state index contributed by atoms with van der Waals surface area (Å²) in [6.07, 6.45) is 1.77. The normalized spacial score (nSPS) is 16.3. The van der Waals surface area contributed by atoms with Crippen LogP contribution in [0.4, 0.5) is 0 Å². The van der Waals surface area contributed by atoms with E-state index in [4.69, 9.17) is 15.2 Å². The highest BCUT2D eigenvalue weighted by Crippen LogP contribution is 2.45. The lowest BCUT2D eigenvalue weighted by molar-refractivity contribution is 0.334. The van der Waals surface area contributed by atoms with Crippen LogP contribution in [0.2, 0.25) is 0 Å². The molecule has 0 saturated carbocycles. The molecular formula is C18H20N4O2. The monoisotopic (exact) mass is 324 g/mol. The molecule has 6 nitrogen and oxygen atoms in total. The Hall–Kier alpha value is -2.94. The number of nitrogens with zero attached hydrogens (tertiary/aromatic N) is 2. The van der Waals surface area contributed by atoms with E-state index in [1.807, 2.05) is 31.2 Å². The number of aromatic nitrogens is 2. The largest absolute Gasteiger partial charge is 0.494 e.